The number of aromatic nitrogens is 1. The largest absolute Gasteiger partial charge is 0.456 e. The van der Waals surface area contributed by atoms with Crippen LogP contribution in [-0.4, -0.2) is 11.1 Å². The van der Waals surface area contributed by atoms with Crippen LogP contribution in [0.5, 0.6) is 0 Å². The van der Waals surface area contributed by atoms with E-state index in [1.54, 1.807) is 6.07 Å². The molecule has 0 saturated carbocycles. The smallest absolute Gasteiger partial charge is 0.348 e. The number of nitrogen functional groups attached to an aromatic ring is 1. The Morgan fingerprint density at radius 1 is 1.69 bits per heavy atom. The van der Waals surface area contributed by atoms with Gasteiger partial charge in [0.15, 0.2) is 0 Å². The highest BCUT2D eigenvalue weighted by Gasteiger charge is 2.12. The van der Waals surface area contributed by atoms with Crippen LogP contribution in [0.3, 0.4) is 0 Å². The van der Waals surface area contributed by atoms with Gasteiger partial charge >= 0.3 is 5.97 Å². The summed E-state index contributed by atoms with van der Waals surface area (Å²) in [6.45, 7) is 2.01. The first kappa shape index (κ1) is 10.7. The SMILES string of the molecule is Cc1sc(C(=O)OCc2cnoc2)cc1N. The standard InChI is InChI=1S/C10H10N2O3S/c1-6-8(11)2-9(16-6)10(13)14-4-7-3-12-15-5-7/h2-3,5H,4,11H2,1H3. The summed E-state index contributed by atoms with van der Waals surface area (Å²) in [6, 6.07) is 1.62. The van der Waals surface area contributed by atoms with E-state index in [9.17, 15) is 4.79 Å². The zero-order chi connectivity index (χ0) is 11.5. The van der Waals surface area contributed by atoms with Gasteiger partial charge in [-0.1, -0.05) is 5.16 Å². The van der Waals surface area contributed by atoms with Gasteiger partial charge in [-0.3, -0.25) is 0 Å². The van der Waals surface area contributed by atoms with Gasteiger partial charge in [-0.15, -0.1) is 11.3 Å². The van der Waals surface area contributed by atoms with Gasteiger partial charge in [-0.05, 0) is 13.0 Å². The molecule has 0 bridgehead atoms. The molecule has 0 aromatic carbocycles. The number of hydrogen-bond acceptors (Lipinski definition) is 6. The zero-order valence-corrected chi connectivity index (χ0v) is 9.41. The Hall–Kier alpha value is -1.82. The number of hydrogen-bond donors (Lipinski definition) is 1. The molecule has 0 aliphatic carbocycles. The van der Waals surface area contributed by atoms with E-state index >= 15 is 0 Å². The Bertz CT molecular complexity index is 471. The summed E-state index contributed by atoms with van der Waals surface area (Å²) in [5, 5.41) is 3.51. The van der Waals surface area contributed by atoms with Gasteiger partial charge in [0, 0.05) is 16.1 Å². The van der Waals surface area contributed by atoms with E-state index in [2.05, 4.69) is 9.68 Å². The molecule has 5 nitrogen and oxygen atoms in total. The number of nitrogens with zero attached hydrogens (tertiary/aromatic N) is 1. The Kier molecular flexibility index (Phi) is 2.91. The maximum atomic E-state index is 11.6. The Labute approximate surface area is 95.8 Å². The fourth-order valence-electron chi connectivity index (χ4n) is 1.11. The number of ether oxygens (including phenoxy) is 1. The molecule has 0 aliphatic heterocycles. The van der Waals surface area contributed by atoms with Crippen molar-refractivity contribution in [2.45, 2.75) is 13.5 Å². The van der Waals surface area contributed by atoms with Crippen molar-refractivity contribution in [2.75, 3.05) is 5.73 Å². The minimum atomic E-state index is -0.383. The molecule has 2 N–H and O–H groups in total. The van der Waals surface area contributed by atoms with Gasteiger partial charge in [0.2, 0.25) is 0 Å². The molecule has 0 spiro atoms. The van der Waals surface area contributed by atoms with Gasteiger partial charge in [0.1, 0.15) is 17.7 Å². The highest BCUT2D eigenvalue weighted by atomic mass is 32.1. The second-order valence-corrected chi connectivity index (χ2v) is 4.49. The maximum absolute atomic E-state index is 11.6. The number of thiophene rings is 1. The Morgan fingerprint density at radius 2 is 2.50 bits per heavy atom. The van der Waals surface area contributed by atoms with E-state index in [-0.39, 0.29) is 12.6 Å². The van der Waals surface area contributed by atoms with Crippen LogP contribution in [0.15, 0.2) is 23.0 Å². The molecule has 2 rings (SSSR count). The number of aryl methyl sites for hydroxylation is 1. The second-order valence-electron chi connectivity index (χ2n) is 3.23. The molecule has 84 valence electrons. The van der Waals surface area contributed by atoms with Crippen molar-refractivity contribution in [3.63, 3.8) is 0 Å². The molecule has 2 heterocycles. The predicted octanol–water partition coefficient (Wildman–Crippen LogP) is 1.98. The quantitative estimate of drug-likeness (QED) is 0.827. The first-order valence-electron chi connectivity index (χ1n) is 4.58. The highest BCUT2D eigenvalue weighted by molar-refractivity contribution is 7.14. The minimum Gasteiger partial charge on any atom is -0.456 e. The Morgan fingerprint density at radius 3 is 3.06 bits per heavy atom. The lowest BCUT2D eigenvalue weighted by molar-refractivity contribution is 0.0478. The summed E-state index contributed by atoms with van der Waals surface area (Å²) < 4.78 is 9.67. The van der Waals surface area contributed by atoms with Crippen molar-refractivity contribution in [3.05, 3.63) is 33.8 Å². The first-order chi connectivity index (χ1) is 7.66. The van der Waals surface area contributed by atoms with Gasteiger partial charge < -0.3 is 15.0 Å². The summed E-state index contributed by atoms with van der Waals surface area (Å²) in [5.41, 5.74) is 6.98. The fraction of sp³-hybridized carbons (Fsp3) is 0.200. The molecule has 2 aromatic rings. The summed E-state index contributed by atoms with van der Waals surface area (Å²) >= 11 is 1.32. The molecule has 6 heteroatoms. The summed E-state index contributed by atoms with van der Waals surface area (Å²) in [7, 11) is 0. The number of esters is 1. The third-order valence-corrected chi connectivity index (χ3v) is 3.06. The van der Waals surface area contributed by atoms with Crippen LogP contribution in [0, 0.1) is 6.92 Å². The number of anilines is 1. The lowest BCUT2D eigenvalue weighted by Crippen LogP contribution is -2.02. The molecule has 2 aromatic heterocycles. The van der Waals surface area contributed by atoms with Crippen molar-refractivity contribution < 1.29 is 14.1 Å². The van der Waals surface area contributed by atoms with Gasteiger partial charge in [0.25, 0.3) is 0 Å². The zero-order valence-electron chi connectivity index (χ0n) is 8.60. The van der Waals surface area contributed by atoms with E-state index < -0.39 is 0 Å². The molecular formula is C10H10N2O3S. The van der Waals surface area contributed by atoms with Gasteiger partial charge in [-0.25, -0.2) is 4.79 Å². The summed E-state index contributed by atoms with van der Waals surface area (Å²) in [4.78, 5) is 13.0. The summed E-state index contributed by atoms with van der Waals surface area (Å²) in [6.07, 6.45) is 2.93. The average molecular weight is 238 g/mol. The third kappa shape index (κ3) is 2.22. The molecule has 0 unspecified atom stereocenters. The monoisotopic (exact) mass is 238 g/mol. The third-order valence-electron chi connectivity index (χ3n) is 2.01. The Balaban J connectivity index is 1.98. The van der Waals surface area contributed by atoms with E-state index in [1.165, 1.54) is 23.8 Å². The van der Waals surface area contributed by atoms with Gasteiger partial charge in [-0.2, -0.15) is 0 Å². The van der Waals surface area contributed by atoms with Crippen molar-refractivity contribution in [1.29, 1.82) is 0 Å². The van der Waals surface area contributed by atoms with Gasteiger partial charge in [0.05, 0.1) is 6.20 Å². The van der Waals surface area contributed by atoms with Crippen LogP contribution in [0.25, 0.3) is 0 Å². The predicted molar refractivity (Wildman–Crippen MR) is 59.1 cm³/mol. The summed E-state index contributed by atoms with van der Waals surface area (Å²) in [5.74, 6) is -0.383. The molecule has 0 saturated heterocycles. The van der Waals surface area contributed by atoms with Crippen molar-refractivity contribution in [2.24, 2.45) is 0 Å². The van der Waals surface area contributed by atoms with E-state index in [0.29, 0.717) is 10.6 Å². The van der Waals surface area contributed by atoms with Crippen LogP contribution in [0.2, 0.25) is 0 Å². The normalized spacial score (nSPS) is 10.3. The highest BCUT2D eigenvalue weighted by Crippen LogP contribution is 2.24. The van der Waals surface area contributed by atoms with Crippen molar-refractivity contribution in [3.8, 4) is 0 Å². The van der Waals surface area contributed by atoms with Crippen LogP contribution >= 0.6 is 11.3 Å². The number of carbonyl (C=O) groups excluding carboxylic acids is 1. The number of rotatable bonds is 3. The number of nitrogens with two attached hydrogens (primary N) is 1. The lowest BCUT2D eigenvalue weighted by atomic mass is 10.4. The topological polar surface area (TPSA) is 78.3 Å². The van der Waals surface area contributed by atoms with Crippen LogP contribution in [0.4, 0.5) is 5.69 Å². The average Bonchev–Trinajstić information content (AvgIpc) is 2.86. The van der Waals surface area contributed by atoms with Crippen LogP contribution < -0.4 is 5.73 Å². The van der Waals surface area contributed by atoms with Crippen molar-refractivity contribution >= 4 is 23.0 Å². The first-order valence-corrected chi connectivity index (χ1v) is 5.40. The van der Waals surface area contributed by atoms with E-state index in [1.807, 2.05) is 6.92 Å². The van der Waals surface area contributed by atoms with Crippen LogP contribution in [-0.2, 0) is 11.3 Å². The molecule has 0 fully saturated rings. The lowest BCUT2D eigenvalue weighted by Gasteiger charge is -1.99. The molecule has 0 amide bonds. The molecule has 0 radical (unpaired) electrons. The van der Waals surface area contributed by atoms with Crippen molar-refractivity contribution in [1.82, 2.24) is 5.16 Å². The minimum absolute atomic E-state index is 0.152. The molecule has 16 heavy (non-hydrogen) atoms. The van der Waals surface area contributed by atoms with E-state index in [0.717, 1.165) is 10.4 Å². The van der Waals surface area contributed by atoms with Crippen LogP contribution in [0.1, 0.15) is 20.1 Å². The fourth-order valence-corrected chi connectivity index (χ4v) is 1.95. The molecule has 0 atom stereocenters. The molecule has 0 aliphatic rings. The number of carbonyl (C=O) groups is 1. The maximum Gasteiger partial charge on any atom is 0.348 e. The van der Waals surface area contributed by atoms with E-state index in [4.69, 9.17) is 10.5 Å². The molecular weight excluding hydrogens is 228 g/mol. The second kappa shape index (κ2) is 4.36.